The van der Waals surface area contributed by atoms with E-state index in [0.29, 0.717) is 10.9 Å². The molecule has 1 aromatic carbocycles. The van der Waals surface area contributed by atoms with Gasteiger partial charge in [-0.25, -0.2) is 4.98 Å². The molecule has 3 aromatic rings. The van der Waals surface area contributed by atoms with Gasteiger partial charge in [-0.15, -0.1) is 0 Å². The normalized spacial score (nSPS) is 16.4. The molecule has 1 aliphatic rings. The van der Waals surface area contributed by atoms with Crippen molar-refractivity contribution in [3.05, 3.63) is 46.1 Å². The molecule has 0 bridgehead atoms. The van der Waals surface area contributed by atoms with Gasteiger partial charge in [0.2, 0.25) is 0 Å². The first-order valence-electron chi connectivity index (χ1n) is 9.02. The Balaban J connectivity index is 1.73. The number of rotatable bonds is 4. The maximum atomic E-state index is 13.2. The number of para-hydroxylation sites is 1. The highest BCUT2D eigenvalue weighted by Gasteiger charge is 2.24. The van der Waals surface area contributed by atoms with Crippen LogP contribution in [0.4, 0.5) is 0 Å². The quantitative estimate of drug-likeness (QED) is 0.593. The number of carbonyl (C=O) groups excluding carboxylic acids is 1. The Hall–Kier alpha value is -1.69. The molecule has 0 radical (unpaired) electrons. The third kappa shape index (κ3) is 3.20. The van der Waals surface area contributed by atoms with Crippen LogP contribution in [0.15, 0.2) is 30.5 Å². The number of carbonyl (C=O) groups is 1. The maximum absolute atomic E-state index is 13.2. The number of fused-ring (bicyclic) bond motifs is 1. The number of hydrogen-bond donors (Lipinski definition) is 0. The molecule has 0 aliphatic carbocycles. The largest absolute Gasteiger partial charge is 0.296 e. The van der Waals surface area contributed by atoms with Gasteiger partial charge in [-0.05, 0) is 44.8 Å². The van der Waals surface area contributed by atoms with E-state index in [0.717, 1.165) is 46.3 Å². The lowest BCUT2D eigenvalue weighted by atomic mass is 9.98. The zero-order valence-electron chi connectivity index (χ0n) is 15.0. The van der Waals surface area contributed by atoms with Gasteiger partial charge >= 0.3 is 0 Å². The highest BCUT2D eigenvalue weighted by Crippen LogP contribution is 2.32. The van der Waals surface area contributed by atoms with Crippen molar-refractivity contribution >= 4 is 39.6 Å². The second-order valence-corrected chi connectivity index (χ2v) is 8.78. The number of aromatic nitrogens is 2. The predicted octanol–water partition coefficient (Wildman–Crippen LogP) is 4.96. The molecule has 0 saturated carbocycles. The topological polar surface area (TPSA) is 38.1 Å². The van der Waals surface area contributed by atoms with Crippen LogP contribution in [0.1, 0.15) is 35.8 Å². The first-order chi connectivity index (χ1) is 12.5. The van der Waals surface area contributed by atoms with Gasteiger partial charge in [-0.1, -0.05) is 48.1 Å². The smallest absolute Gasteiger partial charge is 0.195 e. The highest BCUT2D eigenvalue weighted by molar-refractivity contribution is 7.18. The van der Waals surface area contributed by atoms with Gasteiger partial charge in [0.05, 0.1) is 18.3 Å². The summed E-state index contributed by atoms with van der Waals surface area (Å²) in [5.74, 6) is 0.953. The number of Topliss-reactive ketones (excluding diaryl/α,β-unsaturated/α-hetero) is 1. The fourth-order valence-electron chi connectivity index (χ4n) is 3.82. The van der Waals surface area contributed by atoms with E-state index in [1.807, 2.05) is 31.2 Å². The predicted molar refractivity (Wildman–Crippen MR) is 108 cm³/mol. The Morgan fingerprint density at radius 1 is 1.31 bits per heavy atom. The number of benzene rings is 1. The molecule has 3 heterocycles. The molecule has 6 heteroatoms. The van der Waals surface area contributed by atoms with Crippen LogP contribution in [0, 0.1) is 12.8 Å². The number of thiazole rings is 1. The number of nitrogens with zero attached hydrogens (tertiary/aromatic N) is 3. The lowest BCUT2D eigenvalue weighted by Gasteiger charge is -2.29. The van der Waals surface area contributed by atoms with Gasteiger partial charge in [-0.2, -0.15) is 0 Å². The van der Waals surface area contributed by atoms with Gasteiger partial charge in [0.15, 0.2) is 10.9 Å². The average Bonchev–Trinajstić information content (AvgIpc) is 3.17. The van der Waals surface area contributed by atoms with E-state index in [4.69, 9.17) is 11.6 Å². The second kappa shape index (κ2) is 7.14. The van der Waals surface area contributed by atoms with Gasteiger partial charge in [0.25, 0.3) is 0 Å². The van der Waals surface area contributed by atoms with E-state index in [-0.39, 0.29) is 5.78 Å². The lowest BCUT2D eigenvalue weighted by molar-refractivity contribution is 0.0900. The Bertz CT molecular complexity index is 953. The van der Waals surface area contributed by atoms with Crippen molar-refractivity contribution < 1.29 is 4.79 Å². The molecule has 26 heavy (non-hydrogen) atoms. The minimum Gasteiger partial charge on any atom is -0.296 e. The third-order valence-electron chi connectivity index (χ3n) is 5.29. The molecule has 1 fully saturated rings. The average molecular weight is 388 g/mol. The van der Waals surface area contributed by atoms with Crippen LogP contribution in [0.5, 0.6) is 0 Å². The molecule has 0 unspecified atom stereocenters. The van der Waals surface area contributed by atoms with Crippen LogP contribution >= 0.6 is 22.9 Å². The van der Waals surface area contributed by atoms with E-state index in [2.05, 4.69) is 21.4 Å². The molecule has 0 amide bonds. The summed E-state index contributed by atoms with van der Waals surface area (Å²) >= 11 is 7.52. The van der Waals surface area contributed by atoms with Gasteiger partial charge in [-0.3, -0.25) is 14.3 Å². The Morgan fingerprint density at radius 3 is 2.73 bits per heavy atom. The van der Waals surface area contributed by atoms with Crippen molar-refractivity contribution in [1.29, 1.82) is 0 Å². The van der Waals surface area contributed by atoms with Crippen molar-refractivity contribution in [1.82, 2.24) is 14.5 Å². The summed E-state index contributed by atoms with van der Waals surface area (Å²) < 4.78 is 2.70. The zero-order chi connectivity index (χ0) is 18.3. The molecule has 0 atom stereocenters. The molecule has 0 N–H and O–H groups in total. The summed E-state index contributed by atoms with van der Waals surface area (Å²) in [6.07, 6.45) is 4.00. The summed E-state index contributed by atoms with van der Waals surface area (Å²) in [5, 5.41) is 1.79. The summed E-state index contributed by atoms with van der Waals surface area (Å²) in [6.45, 7) is 6.79. The number of piperidine rings is 1. The van der Waals surface area contributed by atoms with E-state index >= 15 is 0 Å². The van der Waals surface area contributed by atoms with E-state index < -0.39 is 0 Å². The van der Waals surface area contributed by atoms with Crippen LogP contribution in [-0.4, -0.2) is 39.9 Å². The standard InChI is InChI=1S/C20H22ClN3OS/c1-13-7-9-23(10-8-13)12-17(25)19-14(2)24(20-22-11-18(21)26-20)16-6-4-3-5-15(16)19/h3-6,11,13H,7-10,12H2,1-2H3. The fourth-order valence-corrected chi connectivity index (χ4v) is 4.79. The molecule has 4 rings (SSSR count). The van der Waals surface area contributed by atoms with E-state index in [9.17, 15) is 4.79 Å². The van der Waals surface area contributed by atoms with Crippen molar-refractivity contribution in [3.8, 4) is 5.13 Å². The maximum Gasteiger partial charge on any atom is 0.195 e. The minimum atomic E-state index is 0.189. The molecule has 1 aliphatic heterocycles. The van der Waals surface area contributed by atoms with Crippen LogP contribution in [-0.2, 0) is 0 Å². The second-order valence-electron chi connectivity index (χ2n) is 7.14. The van der Waals surface area contributed by atoms with Crippen molar-refractivity contribution in [2.24, 2.45) is 5.92 Å². The Labute approximate surface area is 162 Å². The van der Waals surface area contributed by atoms with Crippen molar-refractivity contribution in [3.63, 3.8) is 0 Å². The summed E-state index contributed by atoms with van der Waals surface area (Å²) in [5.41, 5.74) is 2.75. The molecule has 0 spiro atoms. The number of ketones is 1. The SMILES string of the molecule is Cc1c(C(=O)CN2CCC(C)CC2)c2ccccc2n1-c1ncc(Cl)s1. The van der Waals surface area contributed by atoms with Crippen LogP contribution < -0.4 is 0 Å². The van der Waals surface area contributed by atoms with Gasteiger partial charge < -0.3 is 0 Å². The fraction of sp³-hybridized carbons (Fsp3) is 0.400. The molecule has 4 nitrogen and oxygen atoms in total. The van der Waals surface area contributed by atoms with Gasteiger partial charge in [0, 0.05) is 16.6 Å². The zero-order valence-corrected chi connectivity index (χ0v) is 16.6. The van der Waals surface area contributed by atoms with Crippen molar-refractivity contribution in [2.45, 2.75) is 26.7 Å². The molecular weight excluding hydrogens is 366 g/mol. The monoisotopic (exact) mass is 387 g/mol. The first kappa shape index (κ1) is 17.7. The van der Waals surface area contributed by atoms with Crippen LogP contribution in [0.2, 0.25) is 4.34 Å². The summed E-state index contributed by atoms with van der Waals surface area (Å²) in [4.78, 5) is 19.9. The van der Waals surface area contributed by atoms with Crippen molar-refractivity contribution in [2.75, 3.05) is 19.6 Å². The number of hydrogen-bond acceptors (Lipinski definition) is 4. The number of halogens is 1. The summed E-state index contributed by atoms with van der Waals surface area (Å²) in [7, 11) is 0. The lowest BCUT2D eigenvalue weighted by Crippen LogP contribution is -2.36. The van der Waals surface area contributed by atoms with E-state index in [1.54, 1.807) is 6.20 Å². The van der Waals surface area contributed by atoms with E-state index in [1.165, 1.54) is 24.2 Å². The number of likely N-dealkylation sites (tertiary alicyclic amines) is 1. The Kier molecular flexibility index (Phi) is 4.86. The summed E-state index contributed by atoms with van der Waals surface area (Å²) in [6, 6.07) is 8.05. The minimum absolute atomic E-state index is 0.189. The molecule has 136 valence electrons. The first-order valence-corrected chi connectivity index (χ1v) is 10.2. The Morgan fingerprint density at radius 2 is 2.04 bits per heavy atom. The molecule has 1 saturated heterocycles. The van der Waals surface area contributed by atoms with Crippen LogP contribution in [0.25, 0.3) is 16.0 Å². The molecular formula is C20H22ClN3OS. The third-order valence-corrected chi connectivity index (χ3v) is 6.39. The van der Waals surface area contributed by atoms with Crippen LogP contribution in [0.3, 0.4) is 0 Å². The molecule has 2 aromatic heterocycles. The van der Waals surface area contributed by atoms with Gasteiger partial charge in [0.1, 0.15) is 4.34 Å². The highest BCUT2D eigenvalue weighted by atomic mass is 35.5.